The number of hydrogen-bond acceptors (Lipinski definition) is 3. The van der Waals surface area contributed by atoms with E-state index in [1.54, 1.807) is 0 Å². The number of amides is 3. The summed E-state index contributed by atoms with van der Waals surface area (Å²) in [7, 11) is 0. The lowest BCUT2D eigenvalue weighted by Gasteiger charge is -2.26. The van der Waals surface area contributed by atoms with Crippen molar-refractivity contribution in [1.82, 2.24) is 10.2 Å². The second kappa shape index (κ2) is 2.21. The molecule has 2 heterocycles. The third-order valence-electron chi connectivity index (χ3n) is 2.52. The summed E-state index contributed by atoms with van der Waals surface area (Å²) in [6.45, 7) is -0.0538. The van der Waals surface area contributed by atoms with Crippen LogP contribution in [-0.2, 0) is 14.4 Å². The quantitative estimate of drug-likeness (QED) is 0.488. The van der Waals surface area contributed by atoms with Crippen LogP contribution in [0.2, 0.25) is 0 Å². The van der Waals surface area contributed by atoms with Crippen molar-refractivity contribution in [2.24, 2.45) is 5.73 Å². The molecule has 0 radical (unpaired) electrons. The smallest absolute Gasteiger partial charge is 0.264 e. The summed E-state index contributed by atoms with van der Waals surface area (Å²) in [5.41, 5.74) is 3.92. The summed E-state index contributed by atoms with van der Waals surface area (Å²) in [5, 5.41) is 2.45. The number of nitrogens with one attached hydrogen (secondary N) is 1. The van der Waals surface area contributed by atoms with E-state index in [2.05, 4.69) is 5.32 Å². The largest absolute Gasteiger partial charge is 0.366 e. The average molecular weight is 183 g/mol. The molecule has 2 aliphatic heterocycles. The van der Waals surface area contributed by atoms with E-state index in [1.807, 2.05) is 0 Å². The van der Waals surface area contributed by atoms with Crippen LogP contribution in [0.3, 0.4) is 0 Å². The molecule has 0 spiro atoms. The molecule has 3 amide bonds. The molecule has 3 N–H and O–H groups in total. The fourth-order valence-corrected chi connectivity index (χ4v) is 1.86. The first kappa shape index (κ1) is 8.03. The average Bonchev–Trinajstić information content (AvgIpc) is 2.51. The van der Waals surface area contributed by atoms with Crippen molar-refractivity contribution in [1.29, 1.82) is 0 Å². The highest BCUT2D eigenvalue weighted by molar-refractivity contribution is 6.02. The lowest BCUT2D eigenvalue weighted by atomic mass is 10.1. The van der Waals surface area contributed by atoms with Gasteiger partial charge in [0.15, 0.2) is 5.66 Å². The van der Waals surface area contributed by atoms with Crippen LogP contribution in [0.4, 0.5) is 0 Å². The lowest BCUT2D eigenvalue weighted by molar-refractivity contribution is -0.137. The van der Waals surface area contributed by atoms with Gasteiger partial charge >= 0.3 is 0 Å². The van der Waals surface area contributed by atoms with Crippen molar-refractivity contribution in [3.05, 3.63) is 0 Å². The van der Waals surface area contributed by atoms with Crippen LogP contribution in [0, 0.1) is 0 Å². The van der Waals surface area contributed by atoms with Crippen LogP contribution < -0.4 is 11.1 Å². The Morgan fingerprint density at radius 1 is 1.54 bits per heavy atom. The van der Waals surface area contributed by atoms with Gasteiger partial charge in [-0.2, -0.15) is 0 Å². The van der Waals surface area contributed by atoms with Gasteiger partial charge in [0.2, 0.25) is 11.8 Å². The van der Waals surface area contributed by atoms with Gasteiger partial charge in [0, 0.05) is 12.8 Å². The van der Waals surface area contributed by atoms with Crippen LogP contribution in [0.25, 0.3) is 0 Å². The zero-order chi connectivity index (χ0) is 9.64. The summed E-state index contributed by atoms with van der Waals surface area (Å²) in [5.74, 6) is -1.19. The Kier molecular flexibility index (Phi) is 1.37. The molecule has 70 valence electrons. The standard InChI is InChI=1S/C7H9N3O3/c8-6(13)7-2-1-5(12)10(7)3-4(11)9-7/h1-3H2,(H2,8,13)(H,9,11)/t7-/m0/s1. The molecule has 2 rings (SSSR count). The van der Waals surface area contributed by atoms with Crippen molar-refractivity contribution < 1.29 is 14.4 Å². The second-order valence-electron chi connectivity index (χ2n) is 3.25. The molecule has 6 heteroatoms. The fraction of sp³-hybridized carbons (Fsp3) is 0.571. The molecule has 0 saturated carbocycles. The fourth-order valence-electron chi connectivity index (χ4n) is 1.86. The molecular weight excluding hydrogens is 174 g/mol. The summed E-state index contributed by atoms with van der Waals surface area (Å²) in [4.78, 5) is 34.6. The molecule has 1 atom stereocenters. The summed E-state index contributed by atoms with van der Waals surface area (Å²) in [6.07, 6.45) is 0.552. The predicted octanol–water partition coefficient (Wildman–Crippen LogP) is -2.08. The zero-order valence-electron chi connectivity index (χ0n) is 6.87. The number of primary amides is 1. The van der Waals surface area contributed by atoms with E-state index >= 15 is 0 Å². The second-order valence-corrected chi connectivity index (χ2v) is 3.25. The van der Waals surface area contributed by atoms with Crippen molar-refractivity contribution in [2.75, 3.05) is 6.54 Å². The highest BCUT2D eigenvalue weighted by Gasteiger charge is 2.55. The summed E-state index contributed by atoms with van der Waals surface area (Å²) < 4.78 is 0. The Morgan fingerprint density at radius 3 is 2.77 bits per heavy atom. The first-order valence-electron chi connectivity index (χ1n) is 3.98. The molecule has 13 heavy (non-hydrogen) atoms. The van der Waals surface area contributed by atoms with Crippen LogP contribution in [0.5, 0.6) is 0 Å². The molecule has 6 nitrogen and oxygen atoms in total. The third kappa shape index (κ3) is 0.851. The van der Waals surface area contributed by atoms with E-state index < -0.39 is 11.6 Å². The number of carbonyl (C=O) groups excluding carboxylic acids is 3. The molecule has 0 bridgehead atoms. The first-order valence-corrected chi connectivity index (χ1v) is 3.98. The van der Waals surface area contributed by atoms with E-state index in [1.165, 1.54) is 4.90 Å². The number of nitrogens with two attached hydrogens (primary N) is 1. The highest BCUT2D eigenvalue weighted by atomic mass is 16.2. The predicted molar refractivity (Wildman–Crippen MR) is 41.0 cm³/mol. The van der Waals surface area contributed by atoms with Crippen LogP contribution in [0.15, 0.2) is 0 Å². The van der Waals surface area contributed by atoms with Gasteiger partial charge in [-0.3, -0.25) is 14.4 Å². The Balaban J connectivity index is 2.40. The lowest BCUT2D eigenvalue weighted by Crippen LogP contribution is -2.58. The number of hydrogen-bond donors (Lipinski definition) is 2. The van der Waals surface area contributed by atoms with Crippen LogP contribution in [-0.4, -0.2) is 34.8 Å². The molecule has 0 aromatic carbocycles. The minimum atomic E-state index is -1.23. The molecule has 0 unspecified atom stereocenters. The molecule has 2 saturated heterocycles. The maximum atomic E-state index is 11.2. The SMILES string of the molecule is NC(=O)[C@]12CCC(=O)N1CC(=O)N2. The minimum Gasteiger partial charge on any atom is -0.366 e. The van der Waals surface area contributed by atoms with E-state index in [4.69, 9.17) is 5.73 Å². The minimum absolute atomic E-state index is 0.0538. The van der Waals surface area contributed by atoms with Crippen molar-refractivity contribution in [2.45, 2.75) is 18.5 Å². The van der Waals surface area contributed by atoms with Gasteiger partial charge in [-0.05, 0) is 0 Å². The molecule has 2 fully saturated rings. The van der Waals surface area contributed by atoms with E-state index in [0.717, 1.165) is 0 Å². The highest BCUT2D eigenvalue weighted by Crippen LogP contribution is 2.30. The third-order valence-corrected chi connectivity index (χ3v) is 2.52. The van der Waals surface area contributed by atoms with Crippen LogP contribution >= 0.6 is 0 Å². The number of carbonyl (C=O) groups is 3. The number of rotatable bonds is 1. The van der Waals surface area contributed by atoms with Crippen molar-refractivity contribution >= 4 is 17.7 Å². The van der Waals surface area contributed by atoms with Gasteiger partial charge in [0.1, 0.15) is 6.54 Å². The molecule has 0 aliphatic carbocycles. The van der Waals surface area contributed by atoms with Gasteiger partial charge in [-0.15, -0.1) is 0 Å². The van der Waals surface area contributed by atoms with E-state index in [0.29, 0.717) is 0 Å². The zero-order valence-corrected chi connectivity index (χ0v) is 6.87. The Hall–Kier alpha value is -1.59. The molecule has 0 aromatic rings. The molecular formula is C7H9N3O3. The van der Waals surface area contributed by atoms with Gasteiger partial charge < -0.3 is 16.0 Å². The maximum absolute atomic E-state index is 11.2. The summed E-state index contributed by atoms with van der Waals surface area (Å²) in [6, 6.07) is 0. The van der Waals surface area contributed by atoms with Crippen LogP contribution in [0.1, 0.15) is 12.8 Å². The van der Waals surface area contributed by atoms with Gasteiger partial charge in [-0.1, -0.05) is 0 Å². The monoisotopic (exact) mass is 183 g/mol. The number of fused-ring (bicyclic) bond motifs is 1. The van der Waals surface area contributed by atoms with Gasteiger partial charge in [-0.25, -0.2) is 0 Å². The molecule has 2 aliphatic rings. The summed E-state index contributed by atoms with van der Waals surface area (Å²) >= 11 is 0. The normalized spacial score (nSPS) is 31.8. The Bertz CT molecular complexity index is 314. The van der Waals surface area contributed by atoms with Crippen molar-refractivity contribution in [3.8, 4) is 0 Å². The van der Waals surface area contributed by atoms with E-state index in [-0.39, 0.29) is 31.2 Å². The van der Waals surface area contributed by atoms with E-state index in [9.17, 15) is 14.4 Å². The molecule has 0 aromatic heterocycles. The van der Waals surface area contributed by atoms with Crippen molar-refractivity contribution in [3.63, 3.8) is 0 Å². The van der Waals surface area contributed by atoms with Gasteiger partial charge in [0.25, 0.3) is 5.91 Å². The van der Waals surface area contributed by atoms with Gasteiger partial charge in [0.05, 0.1) is 0 Å². The first-order chi connectivity index (χ1) is 6.06. The Labute approximate surface area is 74.1 Å². The number of nitrogens with zero attached hydrogens (tertiary/aromatic N) is 1. The Morgan fingerprint density at radius 2 is 2.23 bits per heavy atom. The topological polar surface area (TPSA) is 92.5 Å². The maximum Gasteiger partial charge on any atom is 0.264 e.